The second kappa shape index (κ2) is 7.99. The molecule has 1 fully saturated rings. The average Bonchev–Trinajstić information content (AvgIpc) is 2.79. The lowest BCUT2D eigenvalue weighted by Gasteiger charge is -2.44. The minimum atomic E-state index is -1.29. The van der Waals surface area contributed by atoms with Gasteiger partial charge in [-0.25, -0.2) is 0 Å². The Hall–Kier alpha value is -4.11. The number of rotatable bonds is 3. The van der Waals surface area contributed by atoms with E-state index in [1.807, 2.05) is 0 Å². The van der Waals surface area contributed by atoms with Gasteiger partial charge in [0.25, 0.3) is 5.91 Å². The maximum atomic E-state index is 13.6. The number of carbonyl (C=O) groups excluding carboxylic acids is 3. The van der Waals surface area contributed by atoms with Gasteiger partial charge >= 0.3 is 0 Å². The number of aliphatic hydroxyl groups is 2. The highest BCUT2D eigenvalue weighted by Gasteiger charge is 2.55. The molecule has 0 aromatic heterocycles. The Bertz CT molecular complexity index is 1360. The maximum Gasteiger partial charge on any atom is 0.255 e. The van der Waals surface area contributed by atoms with Crippen LogP contribution in [0.2, 0.25) is 0 Å². The van der Waals surface area contributed by atoms with Gasteiger partial charge in [0.1, 0.15) is 28.6 Å². The second-order valence-corrected chi connectivity index (χ2v) is 9.19. The van der Waals surface area contributed by atoms with Gasteiger partial charge in [0.05, 0.1) is 17.5 Å². The summed E-state index contributed by atoms with van der Waals surface area (Å²) in [5, 5.41) is 45.0. The molecule has 9 nitrogen and oxygen atoms in total. The zero-order valence-electron chi connectivity index (χ0n) is 18.8. The van der Waals surface area contributed by atoms with Crippen molar-refractivity contribution in [2.24, 2.45) is 23.5 Å². The van der Waals surface area contributed by atoms with Gasteiger partial charge in [0, 0.05) is 5.57 Å². The molecule has 0 radical (unpaired) electrons. The molecule has 0 spiro atoms. The van der Waals surface area contributed by atoms with Crippen LogP contribution in [-0.4, -0.2) is 51.0 Å². The summed E-state index contributed by atoms with van der Waals surface area (Å²) in [4.78, 5) is 38.6. The van der Waals surface area contributed by atoms with Crippen LogP contribution in [0, 0.1) is 17.8 Å². The fourth-order valence-electron chi connectivity index (χ4n) is 5.93. The number of phenolic OH excluding ortho intramolecular Hbond substituents is 2. The Morgan fingerprint density at radius 2 is 1.69 bits per heavy atom. The number of Topliss-reactive ketones (excluding diaryl/α,β-unsaturated/α-hetero) is 2. The van der Waals surface area contributed by atoms with E-state index in [2.05, 4.69) is 5.32 Å². The highest BCUT2D eigenvalue weighted by atomic mass is 16.3. The number of nitrogens with one attached hydrogen (secondary N) is 1. The number of ketones is 2. The molecule has 5 rings (SSSR count). The fourth-order valence-corrected chi connectivity index (χ4v) is 5.93. The molecule has 0 saturated heterocycles. The number of hydrogen-bond donors (Lipinski definition) is 6. The van der Waals surface area contributed by atoms with Crippen molar-refractivity contribution in [3.63, 3.8) is 0 Å². The predicted molar refractivity (Wildman–Crippen MR) is 125 cm³/mol. The third kappa shape index (κ3) is 3.23. The van der Waals surface area contributed by atoms with Gasteiger partial charge in [0.2, 0.25) is 0 Å². The van der Waals surface area contributed by atoms with Crippen molar-refractivity contribution in [2.45, 2.75) is 18.9 Å². The van der Waals surface area contributed by atoms with Crippen LogP contribution in [0.5, 0.6) is 11.5 Å². The lowest BCUT2D eigenvalue weighted by Crippen LogP contribution is -2.55. The summed E-state index contributed by atoms with van der Waals surface area (Å²) in [5.41, 5.74) is 6.99. The lowest BCUT2D eigenvalue weighted by atomic mass is 9.59. The molecule has 1 saturated carbocycles. The highest BCUT2D eigenvalue weighted by molar-refractivity contribution is 6.28. The van der Waals surface area contributed by atoms with Crippen LogP contribution in [0.4, 0.5) is 0 Å². The predicted octanol–water partition coefficient (Wildman–Crippen LogP) is 1.88. The lowest BCUT2D eigenvalue weighted by molar-refractivity contribution is -0.135. The van der Waals surface area contributed by atoms with E-state index in [0.29, 0.717) is 12.0 Å². The van der Waals surface area contributed by atoms with E-state index >= 15 is 0 Å². The van der Waals surface area contributed by atoms with E-state index < -0.39 is 58.4 Å². The van der Waals surface area contributed by atoms with Crippen molar-refractivity contribution in [1.82, 2.24) is 5.32 Å². The van der Waals surface area contributed by atoms with Crippen molar-refractivity contribution in [2.75, 3.05) is 7.05 Å². The van der Waals surface area contributed by atoms with Crippen LogP contribution in [0.25, 0.3) is 16.9 Å². The smallest absolute Gasteiger partial charge is 0.255 e. The van der Waals surface area contributed by atoms with Crippen LogP contribution < -0.4 is 11.1 Å². The van der Waals surface area contributed by atoms with Crippen LogP contribution >= 0.6 is 0 Å². The second-order valence-electron chi connectivity index (χ2n) is 9.19. The van der Waals surface area contributed by atoms with E-state index in [9.17, 15) is 34.8 Å². The first-order valence-electron chi connectivity index (χ1n) is 11.2. The van der Waals surface area contributed by atoms with E-state index in [-0.39, 0.29) is 29.1 Å². The maximum absolute atomic E-state index is 13.6. The number of allylic oxidation sites excluding steroid dienone is 1. The third-order valence-corrected chi connectivity index (χ3v) is 7.42. The number of aromatic hydroxyl groups is 2. The third-order valence-electron chi connectivity index (χ3n) is 7.42. The van der Waals surface area contributed by atoms with Gasteiger partial charge in [-0.2, -0.15) is 0 Å². The molecule has 7 N–H and O–H groups in total. The topological polar surface area (TPSA) is 170 Å². The molecule has 1 amide bonds. The van der Waals surface area contributed by atoms with Crippen LogP contribution in [0.1, 0.15) is 17.5 Å². The van der Waals surface area contributed by atoms with Crippen LogP contribution in [0.15, 0.2) is 53.3 Å². The standard InChI is InChI=1S/C26H24N2O7/c1-28-21-15-9-11-8-14-13(10-2-4-12(29)5-3-10)6-7-16(30)18(14)22(31)17(11)23(32)19(15)24(33)20(25(21)34)26(27)35/h2-7,11,15,19,21,28-31,34H,8-9H2,1H3,(H2,27,35)/t11?,15?,19?,21-/m0/s1. The molecule has 0 aliphatic heterocycles. The van der Waals surface area contributed by atoms with Gasteiger partial charge in [-0.1, -0.05) is 18.2 Å². The molecule has 3 unspecified atom stereocenters. The Labute approximate surface area is 200 Å². The molecule has 35 heavy (non-hydrogen) atoms. The Kier molecular flexibility index (Phi) is 5.17. The zero-order valence-corrected chi connectivity index (χ0v) is 18.8. The molecular weight excluding hydrogens is 452 g/mol. The molecule has 0 bridgehead atoms. The van der Waals surface area contributed by atoms with Crippen molar-refractivity contribution in [3.8, 4) is 22.6 Å². The van der Waals surface area contributed by atoms with Gasteiger partial charge < -0.3 is 31.5 Å². The number of carbonyl (C=O) groups is 3. The Balaban J connectivity index is 1.67. The van der Waals surface area contributed by atoms with Gasteiger partial charge in [0.15, 0.2) is 11.6 Å². The molecule has 2 aromatic carbocycles. The van der Waals surface area contributed by atoms with E-state index in [4.69, 9.17) is 5.73 Å². The summed E-state index contributed by atoms with van der Waals surface area (Å²) in [5.74, 6) is -6.03. The van der Waals surface area contributed by atoms with Crippen molar-refractivity contribution >= 4 is 23.2 Å². The molecule has 3 aliphatic rings. The summed E-state index contributed by atoms with van der Waals surface area (Å²) in [7, 11) is 1.55. The summed E-state index contributed by atoms with van der Waals surface area (Å²) >= 11 is 0. The van der Waals surface area contributed by atoms with Crippen LogP contribution in [-0.2, 0) is 20.8 Å². The molecule has 180 valence electrons. The number of primary amides is 1. The number of phenols is 2. The van der Waals surface area contributed by atoms with Crippen LogP contribution in [0.3, 0.4) is 0 Å². The van der Waals surface area contributed by atoms with E-state index in [1.54, 1.807) is 25.2 Å². The van der Waals surface area contributed by atoms with E-state index in [1.165, 1.54) is 18.2 Å². The molecule has 9 heteroatoms. The SMILES string of the molecule is CN[C@@H]1C(O)=C(C(N)=O)C(=O)C2C(=O)C3=C(O)c4c(O)ccc(-c5ccc(O)cc5)c4CC3CC21. The Morgan fingerprint density at radius 1 is 1.00 bits per heavy atom. The van der Waals surface area contributed by atoms with Gasteiger partial charge in [-0.15, -0.1) is 0 Å². The first-order valence-corrected chi connectivity index (χ1v) is 11.2. The molecule has 0 heterocycles. The number of benzene rings is 2. The largest absolute Gasteiger partial charge is 0.510 e. The zero-order chi connectivity index (χ0) is 25.2. The van der Waals surface area contributed by atoms with Crippen molar-refractivity contribution in [1.29, 1.82) is 0 Å². The summed E-state index contributed by atoms with van der Waals surface area (Å²) in [6, 6.07) is 8.78. The van der Waals surface area contributed by atoms with Gasteiger partial charge in [-0.3, -0.25) is 14.4 Å². The molecular formula is C26H24N2O7. The van der Waals surface area contributed by atoms with E-state index in [0.717, 1.165) is 11.1 Å². The molecule has 3 aliphatic carbocycles. The molecule has 2 aromatic rings. The first-order chi connectivity index (χ1) is 16.6. The summed E-state index contributed by atoms with van der Waals surface area (Å²) in [6.45, 7) is 0. The number of fused-ring (bicyclic) bond motifs is 3. The van der Waals surface area contributed by atoms with Crippen molar-refractivity contribution in [3.05, 3.63) is 64.4 Å². The normalized spacial score (nSPS) is 25.7. The summed E-state index contributed by atoms with van der Waals surface area (Å²) in [6.07, 6.45) is 0.569. The highest BCUT2D eigenvalue weighted by Crippen LogP contribution is 2.51. The fraction of sp³-hybridized carbons (Fsp3) is 0.269. The number of amides is 1. The quantitative estimate of drug-likeness (QED) is 0.288. The Morgan fingerprint density at radius 3 is 2.31 bits per heavy atom. The minimum Gasteiger partial charge on any atom is -0.510 e. The van der Waals surface area contributed by atoms with Crippen molar-refractivity contribution < 1.29 is 34.8 Å². The summed E-state index contributed by atoms with van der Waals surface area (Å²) < 4.78 is 0. The minimum absolute atomic E-state index is 0.0327. The number of nitrogens with two attached hydrogens (primary N) is 1. The average molecular weight is 476 g/mol. The number of aliphatic hydroxyl groups excluding tert-OH is 2. The monoisotopic (exact) mass is 476 g/mol. The first kappa shape index (κ1) is 22.7. The number of likely N-dealkylation sites (N-methyl/N-ethyl adjacent to an activating group) is 1. The van der Waals surface area contributed by atoms with Gasteiger partial charge in [-0.05, 0) is 66.6 Å². The molecule has 4 atom stereocenters. The number of hydrogen-bond acceptors (Lipinski definition) is 8.